The third-order valence-corrected chi connectivity index (χ3v) is 3.77. The number of aromatic nitrogens is 1. The van der Waals surface area contributed by atoms with Crippen molar-refractivity contribution >= 4 is 21.8 Å². The molecule has 3 N–H and O–H groups in total. The Morgan fingerprint density at radius 3 is 2.32 bits per heavy atom. The number of pyridine rings is 1. The zero-order valence-corrected chi connectivity index (χ0v) is 11.9. The van der Waals surface area contributed by atoms with Gasteiger partial charge in [-0.2, -0.15) is 13.2 Å². The van der Waals surface area contributed by atoms with Gasteiger partial charge in [0.1, 0.15) is 5.75 Å². The Morgan fingerprint density at radius 1 is 1.23 bits per heavy atom. The molecule has 1 rings (SSSR count). The van der Waals surface area contributed by atoms with Gasteiger partial charge >= 0.3 is 12.2 Å². The molecule has 0 spiro atoms. The highest BCUT2D eigenvalue weighted by atomic mass is 32.2. The molecule has 22 heavy (non-hydrogen) atoms. The normalized spacial score (nSPS) is 11.6. The smallest absolute Gasteiger partial charge is 0.340 e. The molecule has 12 heteroatoms. The van der Waals surface area contributed by atoms with Crippen LogP contribution in [-0.2, 0) is 20.8 Å². The molecule has 3 amide bonds. The van der Waals surface area contributed by atoms with Crippen LogP contribution in [0.4, 0.5) is 18.0 Å². The number of nitrogens with one attached hydrogen (secondary N) is 3. The lowest BCUT2D eigenvalue weighted by Gasteiger charge is -2.08. The van der Waals surface area contributed by atoms with Gasteiger partial charge in [-0.1, -0.05) is 0 Å². The molecular formula is C10H11F3N4O4S. The first-order valence-corrected chi connectivity index (χ1v) is 7.24. The highest BCUT2D eigenvalue weighted by Crippen LogP contribution is 2.28. The van der Waals surface area contributed by atoms with E-state index in [1.807, 2.05) is 5.43 Å². The van der Waals surface area contributed by atoms with Crippen molar-refractivity contribution < 1.29 is 31.2 Å². The van der Waals surface area contributed by atoms with Crippen molar-refractivity contribution in [3.63, 3.8) is 0 Å². The van der Waals surface area contributed by atoms with E-state index in [0.717, 1.165) is 0 Å². The first-order chi connectivity index (χ1) is 10.1. The number of carbonyl (C=O) groups is 2. The summed E-state index contributed by atoms with van der Waals surface area (Å²) in [5.74, 6) is -2.17. The van der Waals surface area contributed by atoms with Crippen LogP contribution in [0.15, 0.2) is 23.4 Å². The van der Waals surface area contributed by atoms with Crippen LogP contribution in [0.5, 0.6) is 0 Å². The fourth-order valence-corrected chi connectivity index (χ4v) is 2.26. The number of alkyl halides is 3. The lowest BCUT2D eigenvalue weighted by atomic mass is 10.3. The van der Waals surface area contributed by atoms with E-state index in [-0.39, 0.29) is 0 Å². The summed E-state index contributed by atoms with van der Waals surface area (Å²) in [7, 11) is -2.97. The Bertz CT molecular complexity index is 658. The van der Waals surface area contributed by atoms with E-state index >= 15 is 0 Å². The predicted molar refractivity (Wildman–Crippen MR) is 67.0 cm³/mol. The third-order valence-electron chi connectivity index (χ3n) is 2.25. The molecule has 0 fully saturated rings. The van der Waals surface area contributed by atoms with Crippen LogP contribution in [0.2, 0.25) is 0 Å². The summed E-state index contributed by atoms with van der Waals surface area (Å²) in [5.41, 5.74) is 2.55. The van der Waals surface area contributed by atoms with Crippen LogP contribution in [0.25, 0.3) is 0 Å². The fraction of sp³-hybridized carbons (Fsp3) is 0.300. The summed E-state index contributed by atoms with van der Waals surface area (Å²) in [6, 6.07) is 0.413. The second-order valence-corrected chi connectivity index (χ2v) is 5.83. The number of hydrogen-bond acceptors (Lipinski definition) is 5. The van der Waals surface area contributed by atoms with E-state index in [2.05, 4.69) is 10.3 Å². The highest BCUT2D eigenvalue weighted by Gasteiger charge is 2.31. The van der Waals surface area contributed by atoms with E-state index in [1.165, 1.54) is 7.05 Å². The molecule has 0 unspecified atom stereocenters. The van der Waals surface area contributed by atoms with Gasteiger partial charge in [0.15, 0.2) is 5.03 Å². The Balaban J connectivity index is 2.78. The maximum Gasteiger partial charge on any atom is 0.417 e. The number of urea groups is 1. The quantitative estimate of drug-likeness (QED) is 0.661. The van der Waals surface area contributed by atoms with Gasteiger partial charge in [-0.05, 0) is 12.1 Å². The van der Waals surface area contributed by atoms with E-state index in [1.54, 1.807) is 5.43 Å². The largest absolute Gasteiger partial charge is 0.417 e. The van der Waals surface area contributed by atoms with Crippen LogP contribution < -0.4 is 16.2 Å². The van der Waals surface area contributed by atoms with E-state index in [4.69, 9.17) is 0 Å². The molecule has 1 aromatic heterocycles. The molecule has 1 heterocycles. The Hall–Kier alpha value is -2.37. The lowest BCUT2D eigenvalue weighted by molar-refractivity contribution is -0.137. The van der Waals surface area contributed by atoms with Gasteiger partial charge in [-0.25, -0.2) is 23.6 Å². The summed E-state index contributed by atoms with van der Waals surface area (Å²) in [4.78, 5) is 25.3. The maximum absolute atomic E-state index is 12.3. The second kappa shape index (κ2) is 6.60. The fourth-order valence-electron chi connectivity index (χ4n) is 1.20. The molecule has 8 nitrogen and oxygen atoms in total. The number of amides is 3. The number of nitrogens with zero attached hydrogens (tertiary/aromatic N) is 1. The predicted octanol–water partition coefficient (Wildman–Crippen LogP) is -0.166. The molecule has 0 aliphatic rings. The minimum absolute atomic E-state index is 0.355. The molecule has 0 radical (unpaired) electrons. The minimum Gasteiger partial charge on any atom is -0.340 e. The first kappa shape index (κ1) is 17.7. The lowest BCUT2D eigenvalue weighted by Crippen LogP contribution is -2.47. The molecule has 0 aromatic carbocycles. The standard InChI is InChI=1S/C10H11F3N4O4S/c1-14-9(19)17-16-7(18)5-22(20,21)8-3-2-6(4-15-8)10(11,12)13/h2-4H,5H2,1H3,(H,16,18)(H2,14,17,19). The van der Waals surface area contributed by atoms with Gasteiger partial charge in [0, 0.05) is 13.2 Å². The van der Waals surface area contributed by atoms with Gasteiger partial charge < -0.3 is 5.32 Å². The van der Waals surface area contributed by atoms with Crippen molar-refractivity contribution in [3.05, 3.63) is 23.9 Å². The average molecular weight is 340 g/mol. The Morgan fingerprint density at radius 2 is 1.86 bits per heavy atom. The number of hydrogen-bond donors (Lipinski definition) is 3. The van der Waals surface area contributed by atoms with Crippen molar-refractivity contribution in [2.75, 3.05) is 12.8 Å². The first-order valence-electron chi connectivity index (χ1n) is 5.59. The van der Waals surface area contributed by atoms with Crippen molar-refractivity contribution in [1.82, 2.24) is 21.2 Å². The van der Waals surface area contributed by atoms with Crippen LogP contribution >= 0.6 is 0 Å². The molecule has 1 aromatic rings. The van der Waals surface area contributed by atoms with Gasteiger partial charge in [0.25, 0.3) is 5.91 Å². The summed E-state index contributed by atoms with van der Waals surface area (Å²) in [5, 5.41) is 1.42. The van der Waals surface area contributed by atoms with Gasteiger partial charge in [0.05, 0.1) is 5.56 Å². The molecular weight excluding hydrogens is 329 g/mol. The summed E-state index contributed by atoms with van der Waals surface area (Å²) in [6.45, 7) is 0. The van der Waals surface area contributed by atoms with Gasteiger partial charge in [0.2, 0.25) is 9.84 Å². The molecule has 0 aliphatic carbocycles. The number of hydrazine groups is 1. The van der Waals surface area contributed by atoms with Crippen LogP contribution in [0.1, 0.15) is 5.56 Å². The number of sulfone groups is 1. The molecule has 0 bridgehead atoms. The van der Waals surface area contributed by atoms with Crippen molar-refractivity contribution in [1.29, 1.82) is 0 Å². The van der Waals surface area contributed by atoms with Crippen LogP contribution in [0, 0.1) is 0 Å². The summed E-state index contributed by atoms with van der Waals surface area (Å²) in [6.07, 6.45) is -4.29. The summed E-state index contributed by atoms with van der Waals surface area (Å²) >= 11 is 0. The summed E-state index contributed by atoms with van der Waals surface area (Å²) < 4.78 is 60.6. The number of rotatable bonds is 3. The minimum atomic E-state index is -4.65. The molecule has 0 saturated carbocycles. The van der Waals surface area contributed by atoms with Crippen molar-refractivity contribution in [3.8, 4) is 0 Å². The zero-order valence-electron chi connectivity index (χ0n) is 11.1. The maximum atomic E-state index is 12.3. The number of carbonyl (C=O) groups excluding carboxylic acids is 2. The average Bonchev–Trinajstić information content (AvgIpc) is 2.43. The van der Waals surface area contributed by atoms with E-state index in [0.29, 0.717) is 18.3 Å². The zero-order chi connectivity index (χ0) is 17.0. The SMILES string of the molecule is CNC(=O)NNC(=O)CS(=O)(=O)c1ccc(C(F)(F)F)cn1. The van der Waals surface area contributed by atoms with Crippen molar-refractivity contribution in [2.45, 2.75) is 11.2 Å². The second-order valence-electron chi connectivity index (χ2n) is 3.89. The van der Waals surface area contributed by atoms with E-state index < -0.39 is 44.3 Å². The van der Waals surface area contributed by atoms with Gasteiger partial charge in [-0.3, -0.25) is 10.2 Å². The van der Waals surface area contributed by atoms with Crippen LogP contribution in [0.3, 0.4) is 0 Å². The number of halogens is 3. The molecule has 0 atom stereocenters. The monoisotopic (exact) mass is 340 g/mol. The topological polar surface area (TPSA) is 117 Å². The Labute approximate surface area is 123 Å². The highest BCUT2D eigenvalue weighted by molar-refractivity contribution is 7.92. The van der Waals surface area contributed by atoms with Crippen LogP contribution in [-0.4, -0.2) is 38.1 Å². The van der Waals surface area contributed by atoms with Crippen molar-refractivity contribution in [2.24, 2.45) is 0 Å². The van der Waals surface area contributed by atoms with E-state index in [9.17, 15) is 31.2 Å². The third kappa shape index (κ3) is 4.87. The molecule has 122 valence electrons. The molecule has 0 saturated heterocycles. The molecule has 0 aliphatic heterocycles. The van der Waals surface area contributed by atoms with Gasteiger partial charge in [-0.15, -0.1) is 0 Å². The Kier molecular flexibility index (Phi) is 5.30.